The highest BCUT2D eigenvalue weighted by molar-refractivity contribution is 9.10. The number of hydrogen-bond acceptors (Lipinski definition) is 4. The Kier molecular flexibility index (Phi) is 9.26. The number of rotatable bonds is 8. The fourth-order valence-electron chi connectivity index (χ4n) is 2.49. The molecule has 0 radical (unpaired) electrons. The number of halogens is 1. The van der Waals surface area contributed by atoms with Crippen molar-refractivity contribution >= 4 is 50.8 Å². The molecular weight excluding hydrogens is 466 g/mol. The van der Waals surface area contributed by atoms with Gasteiger partial charge in [-0.15, -0.1) is 0 Å². The molecule has 0 aromatic heterocycles. The van der Waals surface area contributed by atoms with Gasteiger partial charge in [-0.1, -0.05) is 26.0 Å². The van der Waals surface area contributed by atoms with Gasteiger partial charge in [0.1, 0.15) is 5.75 Å². The van der Waals surface area contributed by atoms with E-state index in [0.717, 1.165) is 11.3 Å². The third-order valence-corrected chi connectivity index (χ3v) is 4.95. The van der Waals surface area contributed by atoms with Gasteiger partial charge in [0.05, 0.1) is 11.1 Å². The van der Waals surface area contributed by atoms with Gasteiger partial charge in [-0.2, -0.15) is 0 Å². The van der Waals surface area contributed by atoms with Crippen LogP contribution in [0.15, 0.2) is 46.9 Å². The van der Waals surface area contributed by atoms with Crippen molar-refractivity contribution in [2.75, 3.05) is 19.0 Å². The molecule has 0 saturated carbocycles. The van der Waals surface area contributed by atoms with Crippen LogP contribution in [-0.4, -0.2) is 30.6 Å². The Balaban J connectivity index is 1.89. The third kappa shape index (κ3) is 7.76. The van der Waals surface area contributed by atoms with Crippen molar-refractivity contribution in [2.24, 2.45) is 5.92 Å². The molecule has 2 aromatic rings. The van der Waals surface area contributed by atoms with Gasteiger partial charge >= 0.3 is 0 Å². The van der Waals surface area contributed by atoms with Crippen LogP contribution in [0.2, 0.25) is 0 Å². The van der Waals surface area contributed by atoms with Crippen LogP contribution in [0.1, 0.15) is 36.2 Å². The van der Waals surface area contributed by atoms with E-state index in [1.165, 1.54) is 0 Å². The highest BCUT2D eigenvalue weighted by Gasteiger charge is 2.11. The SMILES string of the molecule is CNC(=O)CCc1ccc(NC(=S)NC(=O)c2ccc(OCC(C)C)c(Br)c2)cc1. The molecule has 0 fully saturated rings. The lowest BCUT2D eigenvalue weighted by Crippen LogP contribution is -2.34. The van der Waals surface area contributed by atoms with Gasteiger partial charge in [-0.25, -0.2) is 0 Å². The molecule has 2 amide bonds. The van der Waals surface area contributed by atoms with Crippen LogP contribution in [0.3, 0.4) is 0 Å². The first-order valence-corrected chi connectivity index (χ1v) is 10.8. The normalized spacial score (nSPS) is 10.4. The van der Waals surface area contributed by atoms with Crippen LogP contribution in [0, 0.1) is 5.92 Å². The fourth-order valence-corrected chi connectivity index (χ4v) is 3.19. The van der Waals surface area contributed by atoms with Crippen molar-refractivity contribution in [3.63, 3.8) is 0 Å². The molecule has 6 nitrogen and oxygen atoms in total. The monoisotopic (exact) mass is 491 g/mol. The molecule has 160 valence electrons. The van der Waals surface area contributed by atoms with E-state index in [1.807, 2.05) is 24.3 Å². The number of hydrogen-bond donors (Lipinski definition) is 3. The highest BCUT2D eigenvalue weighted by Crippen LogP contribution is 2.26. The number of anilines is 1. The molecule has 0 heterocycles. The summed E-state index contributed by atoms with van der Waals surface area (Å²) in [4.78, 5) is 23.8. The van der Waals surface area contributed by atoms with Gasteiger partial charge in [0.25, 0.3) is 5.91 Å². The maximum absolute atomic E-state index is 12.5. The number of benzene rings is 2. The smallest absolute Gasteiger partial charge is 0.257 e. The summed E-state index contributed by atoms with van der Waals surface area (Å²) < 4.78 is 6.41. The lowest BCUT2D eigenvalue weighted by atomic mass is 10.1. The van der Waals surface area contributed by atoms with E-state index in [4.69, 9.17) is 17.0 Å². The predicted octanol–water partition coefficient (Wildman–Crippen LogP) is 4.29. The minimum Gasteiger partial charge on any atom is -0.492 e. The van der Waals surface area contributed by atoms with Gasteiger partial charge in [0.2, 0.25) is 5.91 Å². The van der Waals surface area contributed by atoms with Crippen molar-refractivity contribution in [3.8, 4) is 5.75 Å². The first kappa shape index (κ1) is 23.8. The Labute approximate surface area is 190 Å². The van der Waals surface area contributed by atoms with Crippen molar-refractivity contribution < 1.29 is 14.3 Å². The summed E-state index contributed by atoms with van der Waals surface area (Å²) in [6.45, 7) is 4.74. The zero-order chi connectivity index (χ0) is 22.1. The maximum atomic E-state index is 12.5. The van der Waals surface area contributed by atoms with E-state index in [1.54, 1.807) is 25.2 Å². The largest absolute Gasteiger partial charge is 0.492 e. The van der Waals surface area contributed by atoms with Crippen molar-refractivity contribution in [1.29, 1.82) is 0 Å². The minimum absolute atomic E-state index is 0.00671. The molecule has 0 aliphatic rings. The van der Waals surface area contributed by atoms with Crippen LogP contribution in [0.25, 0.3) is 0 Å². The van der Waals surface area contributed by atoms with Gasteiger partial charge in [0, 0.05) is 24.7 Å². The summed E-state index contributed by atoms with van der Waals surface area (Å²) >= 11 is 8.68. The first-order chi connectivity index (χ1) is 14.3. The summed E-state index contributed by atoms with van der Waals surface area (Å²) in [5, 5.41) is 8.47. The first-order valence-electron chi connectivity index (χ1n) is 9.62. The second-order valence-corrected chi connectivity index (χ2v) is 8.39. The average molecular weight is 492 g/mol. The molecule has 0 atom stereocenters. The zero-order valence-corrected chi connectivity index (χ0v) is 19.7. The predicted molar refractivity (Wildman–Crippen MR) is 127 cm³/mol. The van der Waals surface area contributed by atoms with Crippen LogP contribution in [0.4, 0.5) is 5.69 Å². The highest BCUT2D eigenvalue weighted by atomic mass is 79.9. The molecule has 2 rings (SSSR count). The van der Waals surface area contributed by atoms with E-state index in [0.29, 0.717) is 41.2 Å². The number of nitrogens with one attached hydrogen (secondary N) is 3. The second kappa shape index (κ2) is 11.7. The topological polar surface area (TPSA) is 79.5 Å². The lowest BCUT2D eigenvalue weighted by molar-refractivity contribution is -0.120. The fraction of sp³-hybridized carbons (Fsp3) is 0.318. The average Bonchev–Trinajstić information content (AvgIpc) is 2.71. The van der Waals surface area contributed by atoms with Crippen LogP contribution in [0.5, 0.6) is 5.75 Å². The molecule has 0 aliphatic carbocycles. The van der Waals surface area contributed by atoms with E-state index in [-0.39, 0.29) is 16.9 Å². The molecule has 0 aliphatic heterocycles. The van der Waals surface area contributed by atoms with Crippen molar-refractivity contribution in [3.05, 3.63) is 58.1 Å². The van der Waals surface area contributed by atoms with Crippen molar-refractivity contribution in [1.82, 2.24) is 10.6 Å². The standard InChI is InChI=1S/C22H26BrN3O3S/c1-14(2)13-29-19-10-7-16(12-18(19)23)21(28)26-22(30)25-17-8-4-15(5-9-17)6-11-20(27)24-3/h4-5,7-10,12,14H,6,11,13H2,1-3H3,(H,24,27)(H2,25,26,28,30). The zero-order valence-electron chi connectivity index (χ0n) is 17.3. The summed E-state index contributed by atoms with van der Waals surface area (Å²) in [6.07, 6.45) is 1.10. The molecule has 0 saturated heterocycles. The van der Waals surface area contributed by atoms with E-state index in [2.05, 4.69) is 45.7 Å². The molecule has 8 heteroatoms. The van der Waals surface area contributed by atoms with Crippen LogP contribution >= 0.6 is 28.1 Å². The molecule has 0 unspecified atom stereocenters. The quantitative estimate of drug-likeness (QED) is 0.480. The summed E-state index contributed by atoms with van der Waals surface area (Å²) in [5.74, 6) is 0.795. The minimum atomic E-state index is -0.314. The number of amides is 2. The maximum Gasteiger partial charge on any atom is 0.257 e. The van der Waals surface area contributed by atoms with Gasteiger partial charge in [-0.3, -0.25) is 14.9 Å². The number of ether oxygens (including phenoxy) is 1. The Bertz CT molecular complexity index is 901. The van der Waals surface area contributed by atoms with E-state index < -0.39 is 0 Å². The summed E-state index contributed by atoms with van der Waals surface area (Å²) in [7, 11) is 1.62. The Morgan fingerprint density at radius 2 is 1.83 bits per heavy atom. The molecule has 0 bridgehead atoms. The molecule has 2 aromatic carbocycles. The Hall–Kier alpha value is -2.45. The van der Waals surface area contributed by atoms with E-state index in [9.17, 15) is 9.59 Å². The second-order valence-electron chi connectivity index (χ2n) is 7.13. The Morgan fingerprint density at radius 1 is 1.13 bits per heavy atom. The number of carbonyl (C=O) groups excluding carboxylic acids is 2. The summed E-state index contributed by atoms with van der Waals surface area (Å²) in [5.41, 5.74) is 2.26. The molecule has 3 N–H and O–H groups in total. The van der Waals surface area contributed by atoms with Crippen molar-refractivity contribution in [2.45, 2.75) is 26.7 Å². The molecule has 0 spiro atoms. The molecule has 30 heavy (non-hydrogen) atoms. The number of carbonyl (C=O) groups is 2. The van der Waals surface area contributed by atoms with Gasteiger partial charge in [0.15, 0.2) is 5.11 Å². The van der Waals surface area contributed by atoms with Crippen LogP contribution < -0.4 is 20.7 Å². The van der Waals surface area contributed by atoms with Gasteiger partial charge in [-0.05, 0) is 76.4 Å². The van der Waals surface area contributed by atoms with Crippen LogP contribution in [-0.2, 0) is 11.2 Å². The van der Waals surface area contributed by atoms with E-state index >= 15 is 0 Å². The summed E-state index contributed by atoms with van der Waals surface area (Å²) in [6, 6.07) is 12.7. The molecular formula is C22H26BrN3O3S. The Morgan fingerprint density at radius 3 is 2.43 bits per heavy atom. The number of aryl methyl sites for hydroxylation is 1. The lowest BCUT2D eigenvalue weighted by Gasteiger charge is -2.13. The third-order valence-electron chi connectivity index (χ3n) is 4.12. The number of thiocarbonyl (C=S) groups is 1. The van der Waals surface area contributed by atoms with Gasteiger partial charge < -0.3 is 15.4 Å².